The van der Waals surface area contributed by atoms with Gasteiger partial charge in [-0.15, -0.1) is 0 Å². The summed E-state index contributed by atoms with van der Waals surface area (Å²) in [4.78, 5) is 15.8. The Labute approximate surface area is 184 Å². The topological polar surface area (TPSA) is 41.6 Å². The fourth-order valence-corrected chi connectivity index (χ4v) is 5.02. The second kappa shape index (κ2) is 9.92. The fourth-order valence-electron chi connectivity index (χ4n) is 5.02. The second-order valence-electron chi connectivity index (χ2n) is 9.10. The molecule has 0 unspecified atom stereocenters. The summed E-state index contributed by atoms with van der Waals surface area (Å²) in [5.74, 6) is -0.0785. The number of benzene rings is 2. The van der Waals surface area contributed by atoms with Gasteiger partial charge in [0.05, 0.1) is 5.41 Å². The number of ether oxygens (including phenoxy) is 1. The number of amides is 1. The third-order valence-electron chi connectivity index (χ3n) is 7.01. The van der Waals surface area contributed by atoms with Gasteiger partial charge in [0, 0.05) is 25.8 Å². The highest BCUT2D eigenvalue weighted by Gasteiger charge is 2.40. The number of halogens is 1. The van der Waals surface area contributed by atoms with Crippen LogP contribution in [0.5, 0.6) is 0 Å². The Morgan fingerprint density at radius 2 is 1.94 bits per heavy atom. The van der Waals surface area contributed by atoms with Gasteiger partial charge < -0.3 is 15.0 Å². The molecule has 2 aliphatic heterocycles. The third kappa shape index (κ3) is 5.34. The van der Waals surface area contributed by atoms with Crippen molar-refractivity contribution in [1.29, 1.82) is 0 Å². The van der Waals surface area contributed by atoms with Gasteiger partial charge in [0.2, 0.25) is 5.91 Å². The van der Waals surface area contributed by atoms with Gasteiger partial charge in [0.15, 0.2) is 0 Å². The van der Waals surface area contributed by atoms with Crippen molar-refractivity contribution in [3.8, 4) is 11.1 Å². The molecule has 2 aromatic rings. The van der Waals surface area contributed by atoms with Crippen LogP contribution < -0.4 is 5.32 Å². The zero-order valence-electron chi connectivity index (χ0n) is 18.4. The number of nitrogens with one attached hydrogen (secondary N) is 1. The van der Waals surface area contributed by atoms with E-state index >= 15 is 0 Å². The molecule has 0 radical (unpaired) electrons. The van der Waals surface area contributed by atoms with Crippen LogP contribution in [-0.2, 0) is 16.0 Å². The lowest BCUT2D eigenvalue weighted by Gasteiger charge is -2.36. The van der Waals surface area contributed by atoms with E-state index in [-0.39, 0.29) is 11.7 Å². The summed E-state index contributed by atoms with van der Waals surface area (Å²) in [7, 11) is 2.17. The molecule has 166 valence electrons. The molecule has 31 heavy (non-hydrogen) atoms. The Bertz CT molecular complexity index is 877. The lowest BCUT2D eigenvalue weighted by atomic mass is 9.74. The molecule has 0 aliphatic carbocycles. The maximum atomic E-state index is 13.4. The Morgan fingerprint density at radius 3 is 2.65 bits per heavy atom. The first-order chi connectivity index (χ1) is 15.1. The zero-order chi connectivity index (χ0) is 21.7. The molecule has 1 amide bonds. The summed E-state index contributed by atoms with van der Waals surface area (Å²) in [5, 5.41) is 3.25. The number of nitrogens with zero attached hydrogens (tertiary/aromatic N) is 1. The highest BCUT2D eigenvalue weighted by atomic mass is 19.1. The van der Waals surface area contributed by atoms with Crippen LogP contribution in [0.1, 0.15) is 37.7 Å². The zero-order valence-corrected chi connectivity index (χ0v) is 18.4. The Morgan fingerprint density at radius 1 is 1.16 bits per heavy atom. The molecule has 2 heterocycles. The molecule has 2 aliphatic rings. The van der Waals surface area contributed by atoms with Crippen molar-refractivity contribution in [3.05, 3.63) is 59.9 Å². The molecular formula is C26H33FN2O2. The van der Waals surface area contributed by atoms with Crippen LogP contribution in [0.4, 0.5) is 4.39 Å². The van der Waals surface area contributed by atoms with E-state index in [1.54, 1.807) is 12.1 Å². The summed E-state index contributed by atoms with van der Waals surface area (Å²) < 4.78 is 18.9. The number of likely N-dealkylation sites (tertiary alicyclic amines) is 1. The van der Waals surface area contributed by atoms with Crippen molar-refractivity contribution in [1.82, 2.24) is 10.2 Å². The van der Waals surface area contributed by atoms with Crippen LogP contribution in [0.15, 0.2) is 48.5 Å². The molecule has 4 nitrogen and oxygen atoms in total. The molecule has 0 spiro atoms. The Hall–Kier alpha value is -2.24. The lowest BCUT2D eigenvalue weighted by Crippen LogP contribution is -2.47. The van der Waals surface area contributed by atoms with Crippen LogP contribution in [0.25, 0.3) is 11.1 Å². The molecule has 1 N–H and O–H groups in total. The van der Waals surface area contributed by atoms with Gasteiger partial charge in [0.1, 0.15) is 5.82 Å². The normalized spacial score (nSPS) is 21.2. The fraction of sp³-hybridized carbons (Fsp3) is 0.500. The van der Waals surface area contributed by atoms with Crippen LogP contribution in [0.2, 0.25) is 0 Å². The van der Waals surface area contributed by atoms with E-state index in [0.29, 0.717) is 25.7 Å². The average Bonchev–Trinajstić information content (AvgIpc) is 3.19. The molecular weight excluding hydrogens is 391 g/mol. The molecule has 0 bridgehead atoms. The SMILES string of the molecule is CN1CCC[C@H]1CCNC(=O)C1(Cc2cccc(-c3ccc(F)cc3)c2)CCOCC1. The summed E-state index contributed by atoms with van der Waals surface area (Å²) in [6.07, 6.45) is 5.66. The number of hydrogen-bond acceptors (Lipinski definition) is 3. The van der Waals surface area contributed by atoms with E-state index in [9.17, 15) is 9.18 Å². The first kappa shape index (κ1) is 22.0. The predicted octanol–water partition coefficient (Wildman–Crippen LogP) is 4.43. The molecule has 4 rings (SSSR count). The molecule has 5 heteroatoms. The molecule has 1 atom stereocenters. The van der Waals surface area contributed by atoms with Gasteiger partial charge in [-0.05, 0) is 80.9 Å². The van der Waals surface area contributed by atoms with Gasteiger partial charge in [-0.3, -0.25) is 4.79 Å². The first-order valence-corrected chi connectivity index (χ1v) is 11.5. The third-order valence-corrected chi connectivity index (χ3v) is 7.01. The molecule has 2 aromatic carbocycles. The monoisotopic (exact) mass is 424 g/mol. The summed E-state index contributed by atoms with van der Waals surface area (Å²) in [6.45, 7) is 3.13. The van der Waals surface area contributed by atoms with E-state index in [4.69, 9.17) is 4.74 Å². The Balaban J connectivity index is 1.45. The maximum Gasteiger partial charge on any atom is 0.226 e. The van der Waals surface area contributed by atoms with E-state index in [1.807, 2.05) is 12.1 Å². The first-order valence-electron chi connectivity index (χ1n) is 11.5. The smallest absolute Gasteiger partial charge is 0.226 e. The van der Waals surface area contributed by atoms with Crippen molar-refractivity contribution in [3.63, 3.8) is 0 Å². The Kier molecular flexibility index (Phi) is 7.03. The second-order valence-corrected chi connectivity index (χ2v) is 9.10. The van der Waals surface area contributed by atoms with Crippen LogP contribution in [0, 0.1) is 11.2 Å². The van der Waals surface area contributed by atoms with Crippen LogP contribution in [-0.4, -0.2) is 50.2 Å². The van der Waals surface area contributed by atoms with E-state index < -0.39 is 5.41 Å². The van der Waals surface area contributed by atoms with Crippen LogP contribution in [0.3, 0.4) is 0 Å². The van der Waals surface area contributed by atoms with Gasteiger partial charge in [-0.2, -0.15) is 0 Å². The van der Waals surface area contributed by atoms with Crippen LogP contribution >= 0.6 is 0 Å². The molecule has 0 saturated carbocycles. The minimum absolute atomic E-state index is 0.156. The van der Waals surface area contributed by atoms with Crippen molar-refractivity contribution in [2.45, 2.75) is 44.6 Å². The van der Waals surface area contributed by atoms with Crippen molar-refractivity contribution < 1.29 is 13.9 Å². The van der Waals surface area contributed by atoms with Crippen molar-refractivity contribution in [2.75, 3.05) is 33.4 Å². The highest BCUT2D eigenvalue weighted by Crippen LogP contribution is 2.36. The molecule has 2 fully saturated rings. The summed E-state index contributed by atoms with van der Waals surface area (Å²) in [5.41, 5.74) is 2.73. The summed E-state index contributed by atoms with van der Waals surface area (Å²) in [6, 6.07) is 15.4. The number of carbonyl (C=O) groups is 1. The van der Waals surface area contributed by atoms with E-state index in [1.165, 1.54) is 25.0 Å². The number of rotatable bonds is 7. The highest BCUT2D eigenvalue weighted by molar-refractivity contribution is 5.83. The molecule has 0 aromatic heterocycles. The number of hydrogen-bond donors (Lipinski definition) is 1. The predicted molar refractivity (Wildman–Crippen MR) is 121 cm³/mol. The quantitative estimate of drug-likeness (QED) is 0.715. The minimum Gasteiger partial charge on any atom is -0.381 e. The van der Waals surface area contributed by atoms with Gasteiger partial charge in [-0.25, -0.2) is 4.39 Å². The van der Waals surface area contributed by atoms with E-state index in [2.05, 4.69) is 29.4 Å². The average molecular weight is 425 g/mol. The van der Waals surface area contributed by atoms with Crippen molar-refractivity contribution in [2.24, 2.45) is 5.41 Å². The number of carbonyl (C=O) groups excluding carboxylic acids is 1. The van der Waals surface area contributed by atoms with Gasteiger partial charge in [0.25, 0.3) is 0 Å². The van der Waals surface area contributed by atoms with Gasteiger partial charge >= 0.3 is 0 Å². The standard InChI is InChI=1S/C26H33FN2O2/c1-29-15-3-6-24(29)11-14-28-25(30)26(12-16-31-17-13-26)19-20-4-2-5-22(18-20)21-7-9-23(27)10-8-21/h2,4-5,7-10,18,24H,3,6,11-17,19H2,1H3,(H,28,30)/t24-/m0/s1. The minimum atomic E-state index is -0.429. The van der Waals surface area contributed by atoms with E-state index in [0.717, 1.165) is 49.0 Å². The molecule has 2 saturated heterocycles. The summed E-state index contributed by atoms with van der Waals surface area (Å²) >= 11 is 0. The lowest BCUT2D eigenvalue weighted by molar-refractivity contribution is -0.136. The maximum absolute atomic E-state index is 13.4. The van der Waals surface area contributed by atoms with Crippen molar-refractivity contribution >= 4 is 5.91 Å². The van der Waals surface area contributed by atoms with Gasteiger partial charge in [-0.1, -0.05) is 36.4 Å². The largest absolute Gasteiger partial charge is 0.381 e.